The number of nitrogens with zero attached hydrogens (tertiary/aromatic N) is 1. The zero-order valence-corrected chi connectivity index (χ0v) is 17.2. The average Bonchev–Trinajstić information content (AvgIpc) is 3.21. The van der Waals surface area contributed by atoms with Crippen LogP contribution < -0.4 is 4.31 Å². The Hall–Kier alpha value is -2.86. The topological polar surface area (TPSA) is 70.2 Å². The summed E-state index contributed by atoms with van der Waals surface area (Å²) in [4.78, 5) is 15.9. The molecular weight excluding hydrogens is 372 g/mol. The standard InChI is InChI=1S/C22H24N2O3S/c1-15-10-11-20(16(2)13-15)22(25)19-8-5-7-18(14-19)17(3)28(26,27)24(4)21-9-6-12-23-21/h5-14,17,23H,1-4H3. The number of benzene rings is 2. The van der Waals surface area contributed by atoms with Crippen LogP contribution in [0.1, 0.15) is 44.8 Å². The summed E-state index contributed by atoms with van der Waals surface area (Å²) in [6, 6.07) is 16.0. The Balaban J connectivity index is 1.93. The van der Waals surface area contributed by atoms with Crippen LogP contribution in [-0.2, 0) is 10.0 Å². The molecule has 1 aromatic heterocycles. The van der Waals surface area contributed by atoms with Crippen molar-refractivity contribution >= 4 is 21.6 Å². The number of aromatic nitrogens is 1. The molecule has 0 amide bonds. The third-order valence-electron chi connectivity index (χ3n) is 4.99. The number of anilines is 1. The van der Waals surface area contributed by atoms with Crippen molar-refractivity contribution in [3.63, 3.8) is 0 Å². The number of rotatable bonds is 6. The van der Waals surface area contributed by atoms with Crippen LogP contribution in [0.2, 0.25) is 0 Å². The van der Waals surface area contributed by atoms with Gasteiger partial charge in [-0.1, -0.05) is 42.0 Å². The van der Waals surface area contributed by atoms with Crippen LogP contribution in [-0.4, -0.2) is 26.2 Å². The summed E-state index contributed by atoms with van der Waals surface area (Å²) in [6.45, 7) is 5.52. The normalized spacial score (nSPS) is 12.6. The van der Waals surface area contributed by atoms with Gasteiger partial charge in [-0.3, -0.25) is 9.10 Å². The third-order valence-corrected chi connectivity index (χ3v) is 7.12. The number of carbonyl (C=O) groups is 1. The highest BCUT2D eigenvalue weighted by Gasteiger charge is 2.28. The van der Waals surface area contributed by atoms with Crippen LogP contribution in [0, 0.1) is 13.8 Å². The minimum Gasteiger partial charge on any atom is -0.348 e. The number of nitrogens with one attached hydrogen (secondary N) is 1. The molecule has 0 spiro atoms. The van der Waals surface area contributed by atoms with E-state index in [1.54, 1.807) is 49.5 Å². The molecule has 3 rings (SSSR count). The maximum absolute atomic E-state index is 13.0. The van der Waals surface area contributed by atoms with Crippen LogP contribution in [0.5, 0.6) is 0 Å². The second-order valence-corrected chi connectivity index (χ2v) is 9.27. The highest BCUT2D eigenvalue weighted by Crippen LogP contribution is 2.28. The highest BCUT2D eigenvalue weighted by molar-refractivity contribution is 7.93. The molecule has 0 aliphatic rings. The van der Waals surface area contributed by atoms with Crippen molar-refractivity contribution in [2.45, 2.75) is 26.0 Å². The van der Waals surface area contributed by atoms with Gasteiger partial charge in [0.2, 0.25) is 10.0 Å². The second kappa shape index (κ2) is 7.64. The SMILES string of the molecule is Cc1ccc(C(=O)c2cccc(C(C)S(=O)(=O)N(C)c3ccc[nH]3)c2)c(C)c1. The smallest absolute Gasteiger partial charge is 0.242 e. The Morgan fingerprint density at radius 1 is 1.04 bits per heavy atom. The minimum atomic E-state index is -3.65. The van der Waals surface area contributed by atoms with E-state index in [1.165, 1.54) is 11.4 Å². The number of hydrogen-bond donors (Lipinski definition) is 1. The molecule has 1 unspecified atom stereocenters. The maximum atomic E-state index is 13.0. The molecule has 0 saturated heterocycles. The molecule has 0 bridgehead atoms. The van der Waals surface area contributed by atoms with Crippen molar-refractivity contribution in [1.29, 1.82) is 0 Å². The molecule has 3 aromatic rings. The van der Waals surface area contributed by atoms with Crippen LogP contribution in [0.4, 0.5) is 5.82 Å². The number of aromatic amines is 1. The molecule has 0 aliphatic heterocycles. The first-order valence-electron chi connectivity index (χ1n) is 9.05. The van der Waals surface area contributed by atoms with Gasteiger partial charge in [0.1, 0.15) is 11.1 Å². The minimum absolute atomic E-state index is 0.110. The number of hydrogen-bond acceptors (Lipinski definition) is 3. The monoisotopic (exact) mass is 396 g/mol. The largest absolute Gasteiger partial charge is 0.348 e. The lowest BCUT2D eigenvalue weighted by molar-refractivity contribution is 0.103. The van der Waals surface area contributed by atoms with Crippen LogP contribution in [0.25, 0.3) is 0 Å². The van der Waals surface area contributed by atoms with Crippen molar-refractivity contribution in [1.82, 2.24) is 4.98 Å². The lowest BCUT2D eigenvalue weighted by Crippen LogP contribution is -2.30. The Labute approximate surface area is 166 Å². The average molecular weight is 397 g/mol. The molecule has 5 nitrogen and oxygen atoms in total. The van der Waals surface area contributed by atoms with Gasteiger partial charge in [0.15, 0.2) is 5.78 Å². The van der Waals surface area contributed by atoms with E-state index in [1.807, 2.05) is 32.0 Å². The fourth-order valence-corrected chi connectivity index (χ4v) is 4.57. The summed E-state index contributed by atoms with van der Waals surface area (Å²) < 4.78 is 27.2. The molecule has 1 atom stereocenters. The number of H-pyrrole nitrogens is 1. The number of ketones is 1. The third kappa shape index (κ3) is 3.73. The van der Waals surface area contributed by atoms with Crippen molar-refractivity contribution in [3.05, 3.63) is 88.6 Å². The molecule has 1 N–H and O–H groups in total. The number of sulfonamides is 1. The van der Waals surface area contributed by atoms with Gasteiger partial charge in [-0.25, -0.2) is 8.42 Å². The molecule has 1 heterocycles. The molecule has 28 heavy (non-hydrogen) atoms. The van der Waals surface area contributed by atoms with Crippen LogP contribution in [0.15, 0.2) is 60.8 Å². The summed E-state index contributed by atoms with van der Waals surface area (Å²) in [5.74, 6) is 0.385. The predicted molar refractivity (Wildman–Crippen MR) is 112 cm³/mol. The summed E-state index contributed by atoms with van der Waals surface area (Å²) in [7, 11) is -2.13. The van der Waals surface area contributed by atoms with Crippen molar-refractivity contribution in [2.24, 2.45) is 0 Å². The zero-order chi connectivity index (χ0) is 20.5. The summed E-state index contributed by atoms with van der Waals surface area (Å²) in [6.07, 6.45) is 1.68. The predicted octanol–water partition coefficient (Wildman–Crippen LogP) is 4.39. The van der Waals surface area contributed by atoms with E-state index in [2.05, 4.69) is 4.98 Å². The second-order valence-electron chi connectivity index (χ2n) is 6.98. The molecule has 146 valence electrons. The number of carbonyl (C=O) groups excluding carboxylic acids is 1. The van der Waals surface area contributed by atoms with Gasteiger partial charge in [-0.2, -0.15) is 0 Å². The van der Waals surface area contributed by atoms with E-state index in [4.69, 9.17) is 0 Å². The summed E-state index contributed by atoms with van der Waals surface area (Å²) in [5.41, 5.74) is 3.68. The molecular formula is C22H24N2O3S. The Morgan fingerprint density at radius 3 is 2.43 bits per heavy atom. The first-order chi connectivity index (χ1) is 13.2. The van der Waals surface area contributed by atoms with Crippen molar-refractivity contribution in [2.75, 3.05) is 11.4 Å². The first-order valence-corrected chi connectivity index (χ1v) is 10.5. The van der Waals surface area contributed by atoms with Gasteiger partial charge in [0.05, 0.1) is 0 Å². The van der Waals surface area contributed by atoms with Crippen LogP contribution in [0.3, 0.4) is 0 Å². The summed E-state index contributed by atoms with van der Waals surface area (Å²) >= 11 is 0. The van der Waals surface area contributed by atoms with E-state index in [-0.39, 0.29) is 5.78 Å². The fourth-order valence-electron chi connectivity index (χ4n) is 3.22. The van der Waals surface area contributed by atoms with Gasteiger partial charge >= 0.3 is 0 Å². The van der Waals surface area contributed by atoms with Crippen LogP contribution >= 0.6 is 0 Å². The van der Waals surface area contributed by atoms with Crippen molar-refractivity contribution < 1.29 is 13.2 Å². The van der Waals surface area contributed by atoms with Gasteiger partial charge in [0.25, 0.3) is 0 Å². The Bertz CT molecular complexity index is 1100. The van der Waals surface area contributed by atoms with Gasteiger partial charge < -0.3 is 4.98 Å². The zero-order valence-electron chi connectivity index (χ0n) is 16.4. The van der Waals surface area contributed by atoms with E-state index >= 15 is 0 Å². The molecule has 6 heteroatoms. The van der Waals surface area contributed by atoms with Gasteiger partial charge in [0, 0.05) is 24.4 Å². The van der Waals surface area contributed by atoms with E-state index in [9.17, 15) is 13.2 Å². The Kier molecular flexibility index (Phi) is 5.42. The van der Waals surface area contributed by atoms with Crippen molar-refractivity contribution in [3.8, 4) is 0 Å². The quantitative estimate of drug-likeness (QED) is 0.628. The lowest BCUT2D eigenvalue weighted by Gasteiger charge is -2.23. The first kappa shape index (κ1) is 19.9. The fraction of sp³-hybridized carbons (Fsp3) is 0.227. The highest BCUT2D eigenvalue weighted by atomic mass is 32.2. The van der Waals surface area contributed by atoms with Gasteiger partial charge in [-0.05, 0) is 50.1 Å². The maximum Gasteiger partial charge on any atom is 0.242 e. The molecule has 0 radical (unpaired) electrons. The molecule has 2 aromatic carbocycles. The lowest BCUT2D eigenvalue weighted by atomic mass is 9.96. The van der Waals surface area contributed by atoms with Gasteiger partial charge in [-0.15, -0.1) is 0 Å². The van der Waals surface area contributed by atoms with E-state index in [0.717, 1.165) is 11.1 Å². The summed E-state index contributed by atoms with van der Waals surface area (Å²) in [5, 5.41) is -0.798. The molecule has 0 aliphatic carbocycles. The van der Waals surface area contributed by atoms with E-state index < -0.39 is 15.3 Å². The van der Waals surface area contributed by atoms with E-state index in [0.29, 0.717) is 22.5 Å². The number of aryl methyl sites for hydroxylation is 2. The molecule has 0 saturated carbocycles. The Morgan fingerprint density at radius 2 is 1.79 bits per heavy atom. The molecule has 0 fully saturated rings.